The van der Waals surface area contributed by atoms with Gasteiger partial charge in [0.15, 0.2) is 0 Å². The molecule has 0 aliphatic carbocycles. The number of phenols is 1. The van der Waals surface area contributed by atoms with Gasteiger partial charge in [0.1, 0.15) is 5.75 Å². The third kappa shape index (κ3) is 2.45. The molecule has 1 fully saturated rings. The van der Waals surface area contributed by atoms with Gasteiger partial charge in [0.25, 0.3) is 5.91 Å². The Labute approximate surface area is 108 Å². The lowest BCUT2D eigenvalue weighted by Gasteiger charge is -2.23. The highest BCUT2D eigenvalue weighted by molar-refractivity contribution is 9.10. The van der Waals surface area contributed by atoms with Gasteiger partial charge in [-0.05, 0) is 31.0 Å². The molecule has 1 aromatic carbocycles. The molecule has 1 heterocycles. The van der Waals surface area contributed by atoms with Crippen molar-refractivity contribution in [2.24, 2.45) is 0 Å². The summed E-state index contributed by atoms with van der Waals surface area (Å²) in [5.74, 6) is -0.248. The minimum absolute atomic E-state index is 0.0261. The van der Waals surface area contributed by atoms with Crippen LogP contribution in [-0.2, 0) is 0 Å². The highest BCUT2D eigenvalue weighted by atomic mass is 79.9. The number of aromatic hydroxyl groups is 1. The molecule has 0 bridgehead atoms. The molecule has 0 saturated carbocycles. The maximum Gasteiger partial charge on any atom is 0.257 e. The van der Waals surface area contributed by atoms with Crippen LogP contribution in [0.15, 0.2) is 22.7 Å². The number of hydrogen-bond donors (Lipinski definition) is 2. The topological polar surface area (TPSA) is 60.8 Å². The molecular weight excluding hydrogens is 286 g/mol. The Bertz CT molecular complexity index is 436. The number of hydrogen-bond acceptors (Lipinski definition) is 3. The van der Waals surface area contributed by atoms with Crippen molar-refractivity contribution in [1.82, 2.24) is 4.90 Å². The molecule has 2 N–H and O–H groups in total. The zero-order valence-corrected chi connectivity index (χ0v) is 10.9. The second-order valence-corrected chi connectivity index (χ2v) is 5.05. The smallest absolute Gasteiger partial charge is 0.257 e. The van der Waals surface area contributed by atoms with Crippen molar-refractivity contribution >= 4 is 21.8 Å². The number of carbonyl (C=O) groups is 1. The molecule has 0 unspecified atom stereocenters. The molecule has 0 spiro atoms. The first-order chi connectivity index (χ1) is 8.13. The van der Waals surface area contributed by atoms with Crippen LogP contribution in [0.5, 0.6) is 5.75 Å². The number of aliphatic hydroxyl groups is 1. The van der Waals surface area contributed by atoms with Gasteiger partial charge in [-0.1, -0.05) is 15.9 Å². The zero-order valence-electron chi connectivity index (χ0n) is 9.27. The van der Waals surface area contributed by atoms with E-state index in [2.05, 4.69) is 15.9 Å². The highest BCUT2D eigenvalue weighted by Gasteiger charge is 2.30. The molecular formula is C12H14BrNO3. The third-order valence-corrected chi connectivity index (χ3v) is 3.53. The fourth-order valence-electron chi connectivity index (χ4n) is 2.13. The van der Waals surface area contributed by atoms with Gasteiger partial charge in [-0.15, -0.1) is 0 Å². The summed E-state index contributed by atoms with van der Waals surface area (Å²) in [6.07, 6.45) is 1.71. The third-order valence-electron chi connectivity index (χ3n) is 3.04. The first-order valence-corrected chi connectivity index (χ1v) is 6.33. The summed E-state index contributed by atoms with van der Waals surface area (Å²) in [6, 6.07) is 4.65. The Balaban J connectivity index is 2.27. The van der Waals surface area contributed by atoms with Crippen LogP contribution in [0.3, 0.4) is 0 Å². The number of halogens is 1. The van der Waals surface area contributed by atoms with Gasteiger partial charge in [0, 0.05) is 11.0 Å². The van der Waals surface area contributed by atoms with E-state index in [1.54, 1.807) is 17.0 Å². The van der Waals surface area contributed by atoms with Crippen molar-refractivity contribution in [3.63, 3.8) is 0 Å². The monoisotopic (exact) mass is 299 g/mol. The minimum atomic E-state index is -0.222. The average Bonchev–Trinajstić information content (AvgIpc) is 2.79. The Hall–Kier alpha value is -1.07. The van der Waals surface area contributed by atoms with E-state index in [4.69, 9.17) is 0 Å². The van der Waals surface area contributed by atoms with Crippen molar-refractivity contribution in [2.75, 3.05) is 13.2 Å². The van der Waals surface area contributed by atoms with Crippen LogP contribution < -0.4 is 0 Å². The summed E-state index contributed by atoms with van der Waals surface area (Å²) in [5.41, 5.74) is 0.278. The van der Waals surface area contributed by atoms with Crippen molar-refractivity contribution in [3.8, 4) is 5.75 Å². The highest BCUT2D eigenvalue weighted by Crippen LogP contribution is 2.26. The largest absolute Gasteiger partial charge is 0.507 e. The van der Waals surface area contributed by atoms with E-state index in [1.165, 1.54) is 6.07 Å². The molecule has 1 aliphatic rings. The van der Waals surface area contributed by atoms with E-state index in [0.29, 0.717) is 6.54 Å². The van der Waals surface area contributed by atoms with Gasteiger partial charge in [0.05, 0.1) is 18.2 Å². The fourth-order valence-corrected chi connectivity index (χ4v) is 2.49. The van der Waals surface area contributed by atoms with E-state index in [0.717, 1.165) is 17.3 Å². The first kappa shape index (κ1) is 12.4. The Morgan fingerprint density at radius 1 is 1.53 bits per heavy atom. The predicted molar refractivity (Wildman–Crippen MR) is 67.0 cm³/mol. The zero-order chi connectivity index (χ0) is 12.4. The van der Waals surface area contributed by atoms with Gasteiger partial charge in [-0.25, -0.2) is 0 Å². The van der Waals surface area contributed by atoms with E-state index in [9.17, 15) is 15.0 Å². The van der Waals surface area contributed by atoms with Crippen LogP contribution >= 0.6 is 15.9 Å². The summed E-state index contributed by atoms with van der Waals surface area (Å²) in [5, 5.41) is 18.9. The molecule has 1 amide bonds. The Morgan fingerprint density at radius 2 is 2.29 bits per heavy atom. The number of benzene rings is 1. The summed E-state index contributed by atoms with van der Waals surface area (Å²) >= 11 is 3.27. The first-order valence-electron chi connectivity index (χ1n) is 5.54. The summed E-state index contributed by atoms with van der Waals surface area (Å²) in [6.45, 7) is 0.608. The summed E-state index contributed by atoms with van der Waals surface area (Å²) in [4.78, 5) is 13.8. The molecule has 5 heteroatoms. The number of phenolic OH excluding ortho intramolecular Hbond substituents is 1. The molecule has 0 aromatic heterocycles. The number of carbonyl (C=O) groups excluding carboxylic acids is 1. The van der Waals surface area contributed by atoms with Gasteiger partial charge >= 0.3 is 0 Å². The molecule has 4 nitrogen and oxygen atoms in total. The van der Waals surface area contributed by atoms with E-state index >= 15 is 0 Å². The lowest BCUT2D eigenvalue weighted by Crippen LogP contribution is -2.37. The normalized spacial score (nSPS) is 19.6. The van der Waals surface area contributed by atoms with Gasteiger partial charge < -0.3 is 15.1 Å². The molecule has 1 saturated heterocycles. The van der Waals surface area contributed by atoms with Crippen molar-refractivity contribution < 1.29 is 15.0 Å². The second kappa shape index (κ2) is 5.06. The van der Waals surface area contributed by atoms with Crippen molar-refractivity contribution in [3.05, 3.63) is 28.2 Å². The van der Waals surface area contributed by atoms with E-state index in [1.807, 2.05) is 0 Å². The van der Waals surface area contributed by atoms with Crippen LogP contribution in [0.4, 0.5) is 0 Å². The molecule has 92 valence electrons. The van der Waals surface area contributed by atoms with Crippen LogP contribution in [0, 0.1) is 0 Å². The van der Waals surface area contributed by atoms with Crippen LogP contribution in [0.1, 0.15) is 23.2 Å². The van der Waals surface area contributed by atoms with Crippen LogP contribution in [-0.4, -0.2) is 40.2 Å². The van der Waals surface area contributed by atoms with Crippen LogP contribution in [0.2, 0.25) is 0 Å². The lowest BCUT2D eigenvalue weighted by molar-refractivity contribution is 0.0674. The van der Waals surface area contributed by atoms with Crippen LogP contribution in [0.25, 0.3) is 0 Å². The van der Waals surface area contributed by atoms with Crippen molar-refractivity contribution in [2.45, 2.75) is 18.9 Å². The molecule has 0 radical (unpaired) electrons. The number of rotatable bonds is 2. The lowest BCUT2D eigenvalue weighted by atomic mass is 10.1. The maximum atomic E-state index is 12.2. The molecule has 1 aromatic rings. The quantitative estimate of drug-likeness (QED) is 0.875. The fraction of sp³-hybridized carbons (Fsp3) is 0.417. The van der Waals surface area contributed by atoms with Gasteiger partial charge in [-0.3, -0.25) is 4.79 Å². The van der Waals surface area contributed by atoms with E-state index < -0.39 is 0 Å². The van der Waals surface area contributed by atoms with Crippen molar-refractivity contribution in [1.29, 1.82) is 0 Å². The number of aliphatic hydroxyl groups excluding tert-OH is 1. The second-order valence-electron chi connectivity index (χ2n) is 4.14. The molecule has 17 heavy (non-hydrogen) atoms. The number of likely N-dealkylation sites (tertiary alicyclic amines) is 1. The van der Waals surface area contributed by atoms with Gasteiger partial charge in [0.2, 0.25) is 0 Å². The maximum absolute atomic E-state index is 12.2. The standard InChI is InChI=1S/C12H14BrNO3/c13-8-3-4-11(16)10(6-8)12(17)14-5-1-2-9(14)7-15/h3-4,6,9,15-16H,1-2,5,7H2/t9-/m1/s1. The summed E-state index contributed by atoms with van der Waals surface area (Å²) < 4.78 is 0.749. The molecule has 1 aliphatic heterocycles. The minimum Gasteiger partial charge on any atom is -0.507 e. The molecule has 2 rings (SSSR count). The Morgan fingerprint density at radius 3 is 3.00 bits per heavy atom. The Kier molecular flexibility index (Phi) is 3.69. The number of nitrogens with zero attached hydrogens (tertiary/aromatic N) is 1. The average molecular weight is 300 g/mol. The SMILES string of the molecule is O=C(c1cc(Br)ccc1O)N1CCC[C@@H]1CO. The van der Waals surface area contributed by atoms with E-state index in [-0.39, 0.29) is 29.9 Å². The number of amides is 1. The molecule has 1 atom stereocenters. The van der Waals surface area contributed by atoms with Gasteiger partial charge in [-0.2, -0.15) is 0 Å². The summed E-state index contributed by atoms with van der Waals surface area (Å²) in [7, 11) is 0. The predicted octanol–water partition coefficient (Wildman–Crippen LogP) is 1.75.